The van der Waals surface area contributed by atoms with Crippen LogP contribution in [0.2, 0.25) is 0 Å². The van der Waals surface area contributed by atoms with Gasteiger partial charge in [-0.25, -0.2) is 13.4 Å². The van der Waals surface area contributed by atoms with E-state index in [9.17, 15) is 8.42 Å². The van der Waals surface area contributed by atoms with Crippen molar-refractivity contribution in [2.45, 2.75) is 4.90 Å². The Morgan fingerprint density at radius 2 is 1.90 bits per heavy atom. The molecule has 2 rings (SSSR count). The van der Waals surface area contributed by atoms with E-state index in [2.05, 4.69) is 46.9 Å². The molecule has 0 saturated heterocycles. The van der Waals surface area contributed by atoms with Crippen LogP contribution in [0.3, 0.4) is 0 Å². The van der Waals surface area contributed by atoms with Crippen molar-refractivity contribution < 1.29 is 8.42 Å². The van der Waals surface area contributed by atoms with Crippen molar-refractivity contribution in [2.24, 2.45) is 0 Å². The number of anilines is 2. The van der Waals surface area contributed by atoms with E-state index in [1.807, 2.05) is 0 Å². The minimum atomic E-state index is -3.66. The topological polar surface area (TPSA) is 71.1 Å². The molecule has 106 valence electrons. The van der Waals surface area contributed by atoms with Crippen molar-refractivity contribution in [1.82, 2.24) is 4.98 Å². The molecule has 0 atom stereocenters. The van der Waals surface area contributed by atoms with Gasteiger partial charge in [-0.2, -0.15) is 0 Å². The molecule has 0 unspecified atom stereocenters. The van der Waals surface area contributed by atoms with Crippen LogP contribution in [-0.2, 0) is 10.0 Å². The van der Waals surface area contributed by atoms with Gasteiger partial charge in [0.1, 0.15) is 5.82 Å². The van der Waals surface area contributed by atoms with Crippen LogP contribution in [0.1, 0.15) is 0 Å². The van der Waals surface area contributed by atoms with Gasteiger partial charge in [-0.3, -0.25) is 4.72 Å². The molecule has 0 saturated carbocycles. The Kier molecular flexibility index (Phi) is 4.66. The number of nitrogens with one attached hydrogen (secondary N) is 2. The molecule has 0 aliphatic rings. The van der Waals surface area contributed by atoms with Crippen molar-refractivity contribution >= 4 is 53.4 Å². The largest absolute Gasteiger partial charge is 0.373 e. The standard InChI is InChI=1S/C12H11Br2N3O2S/c1-15-12-7-9(4-5-16-12)20(18,19)17-11-3-2-8(13)6-10(11)14/h2-7,17H,1H3,(H,15,16). The Balaban J connectivity index is 2.35. The molecule has 1 heterocycles. The van der Waals surface area contributed by atoms with Crippen LogP contribution in [0.4, 0.5) is 11.5 Å². The average molecular weight is 421 g/mol. The van der Waals surface area contributed by atoms with Crippen LogP contribution in [0.25, 0.3) is 0 Å². The minimum Gasteiger partial charge on any atom is -0.373 e. The molecule has 1 aromatic carbocycles. The number of rotatable bonds is 4. The Labute approximate surface area is 134 Å². The lowest BCUT2D eigenvalue weighted by molar-refractivity contribution is 0.601. The maximum absolute atomic E-state index is 12.3. The zero-order valence-electron chi connectivity index (χ0n) is 10.4. The first-order valence-electron chi connectivity index (χ1n) is 5.54. The van der Waals surface area contributed by atoms with E-state index in [0.29, 0.717) is 16.0 Å². The lowest BCUT2D eigenvalue weighted by Gasteiger charge is -2.10. The summed E-state index contributed by atoms with van der Waals surface area (Å²) in [5.41, 5.74) is 0.469. The number of halogens is 2. The summed E-state index contributed by atoms with van der Waals surface area (Å²) < 4.78 is 28.7. The summed E-state index contributed by atoms with van der Waals surface area (Å²) in [7, 11) is -1.98. The molecule has 0 radical (unpaired) electrons. The summed E-state index contributed by atoms with van der Waals surface area (Å²) in [5, 5.41) is 2.80. The van der Waals surface area contributed by atoms with E-state index < -0.39 is 10.0 Å². The molecule has 1 aromatic heterocycles. The van der Waals surface area contributed by atoms with E-state index in [1.54, 1.807) is 25.2 Å². The van der Waals surface area contributed by atoms with Crippen LogP contribution in [0.15, 0.2) is 50.4 Å². The first kappa shape index (κ1) is 15.3. The molecule has 0 fully saturated rings. The lowest BCUT2D eigenvalue weighted by Crippen LogP contribution is -2.13. The maximum atomic E-state index is 12.3. The number of benzene rings is 1. The predicted molar refractivity (Wildman–Crippen MR) is 86.4 cm³/mol. The van der Waals surface area contributed by atoms with E-state index in [1.165, 1.54) is 18.3 Å². The molecule has 0 aliphatic heterocycles. The Hall–Kier alpha value is -1.12. The Morgan fingerprint density at radius 3 is 2.55 bits per heavy atom. The fraction of sp³-hybridized carbons (Fsp3) is 0.0833. The Bertz CT molecular complexity index is 735. The van der Waals surface area contributed by atoms with Crippen molar-refractivity contribution in [2.75, 3.05) is 17.1 Å². The van der Waals surface area contributed by atoms with Gasteiger partial charge in [0, 0.05) is 28.3 Å². The first-order chi connectivity index (χ1) is 9.42. The lowest BCUT2D eigenvalue weighted by atomic mass is 10.3. The first-order valence-corrected chi connectivity index (χ1v) is 8.61. The summed E-state index contributed by atoms with van der Waals surface area (Å²) in [5.74, 6) is 0.489. The Morgan fingerprint density at radius 1 is 1.15 bits per heavy atom. The third kappa shape index (κ3) is 3.50. The van der Waals surface area contributed by atoms with Gasteiger partial charge >= 0.3 is 0 Å². The fourth-order valence-electron chi connectivity index (χ4n) is 1.49. The summed E-state index contributed by atoms with van der Waals surface area (Å²) in [6.45, 7) is 0. The molecule has 2 N–H and O–H groups in total. The van der Waals surface area contributed by atoms with Gasteiger partial charge in [0.2, 0.25) is 0 Å². The van der Waals surface area contributed by atoms with Crippen LogP contribution in [0, 0.1) is 0 Å². The number of hydrogen-bond donors (Lipinski definition) is 2. The number of sulfonamides is 1. The van der Waals surface area contributed by atoms with Gasteiger partial charge in [-0.1, -0.05) is 15.9 Å². The highest BCUT2D eigenvalue weighted by Gasteiger charge is 2.16. The smallest absolute Gasteiger partial charge is 0.262 e. The second-order valence-corrected chi connectivity index (χ2v) is 7.31. The quantitative estimate of drug-likeness (QED) is 0.794. The molecule has 8 heteroatoms. The zero-order valence-corrected chi connectivity index (χ0v) is 14.4. The van der Waals surface area contributed by atoms with Gasteiger partial charge in [0.15, 0.2) is 0 Å². The highest BCUT2D eigenvalue weighted by atomic mass is 79.9. The fourth-order valence-corrected chi connectivity index (χ4v) is 3.86. The molecular weight excluding hydrogens is 410 g/mol. The highest BCUT2D eigenvalue weighted by Crippen LogP contribution is 2.28. The van der Waals surface area contributed by atoms with Gasteiger partial charge in [0.05, 0.1) is 10.6 Å². The molecule has 0 amide bonds. The van der Waals surface area contributed by atoms with Gasteiger partial charge in [-0.15, -0.1) is 0 Å². The zero-order chi connectivity index (χ0) is 14.8. The monoisotopic (exact) mass is 419 g/mol. The summed E-state index contributed by atoms with van der Waals surface area (Å²) in [6.07, 6.45) is 1.44. The van der Waals surface area contributed by atoms with Crippen molar-refractivity contribution in [3.05, 3.63) is 45.5 Å². The number of aromatic nitrogens is 1. The maximum Gasteiger partial charge on any atom is 0.262 e. The summed E-state index contributed by atoms with van der Waals surface area (Å²) in [6, 6.07) is 8.11. The number of nitrogens with zero attached hydrogens (tertiary/aromatic N) is 1. The third-order valence-electron chi connectivity index (χ3n) is 2.47. The van der Waals surface area contributed by atoms with Crippen molar-refractivity contribution in [3.63, 3.8) is 0 Å². The third-order valence-corrected chi connectivity index (χ3v) is 4.99. The molecule has 0 aliphatic carbocycles. The summed E-state index contributed by atoms with van der Waals surface area (Å²) >= 11 is 6.63. The predicted octanol–water partition coefficient (Wildman–Crippen LogP) is 3.45. The van der Waals surface area contributed by atoms with Crippen molar-refractivity contribution in [1.29, 1.82) is 0 Å². The minimum absolute atomic E-state index is 0.145. The number of pyridine rings is 1. The number of hydrogen-bond acceptors (Lipinski definition) is 4. The second kappa shape index (κ2) is 6.11. The molecule has 0 spiro atoms. The van der Waals surface area contributed by atoms with E-state index in [4.69, 9.17) is 0 Å². The van der Waals surface area contributed by atoms with Crippen LogP contribution < -0.4 is 10.0 Å². The average Bonchev–Trinajstić information content (AvgIpc) is 2.42. The van der Waals surface area contributed by atoms with Gasteiger partial charge < -0.3 is 5.32 Å². The van der Waals surface area contributed by atoms with Crippen LogP contribution in [0.5, 0.6) is 0 Å². The molecule has 5 nitrogen and oxygen atoms in total. The van der Waals surface area contributed by atoms with E-state index >= 15 is 0 Å². The van der Waals surface area contributed by atoms with Crippen LogP contribution >= 0.6 is 31.9 Å². The molecular formula is C12H11Br2N3O2S. The van der Waals surface area contributed by atoms with Gasteiger partial charge in [0.25, 0.3) is 10.0 Å². The normalized spacial score (nSPS) is 11.2. The summed E-state index contributed by atoms with van der Waals surface area (Å²) in [4.78, 5) is 4.13. The SMILES string of the molecule is CNc1cc(S(=O)(=O)Nc2ccc(Br)cc2Br)ccn1. The van der Waals surface area contributed by atoms with Gasteiger partial charge in [-0.05, 0) is 40.2 Å². The van der Waals surface area contributed by atoms with Crippen LogP contribution in [-0.4, -0.2) is 20.4 Å². The van der Waals surface area contributed by atoms with E-state index in [-0.39, 0.29) is 4.90 Å². The van der Waals surface area contributed by atoms with E-state index in [0.717, 1.165) is 4.47 Å². The highest BCUT2D eigenvalue weighted by molar-refractivity contribution is 9.11. The molecule has 0 bridgehead atoms. The van der Waals surface area contributed by atoms with Crippen molar-refractivity contribution in [3.8, 4) is 0 Å². The molecule has 20 heavy (non-hydrogen) atoms. The molecule has 2 aromatic rings. The second-order valence-electron chi connectivity index (χ2n) is 3.86.